The van der Waals surface area contributed by atoms with Crippen LogP contribution in [0.4, 0.5) is 5.69 Å². The second-order valence-electron chi connectivity index (χ2n) is 7.61. The molecule has 1 aromatic heterocycles. The Morgan fingerprint density at radius 3 is 2.64 bits per heavy atom. The van der Waals surface area contributed by atoms with Crippen LogP contribution in [-0.2, 0) is 16.6 Å². The Balaban J connectivity index is 1.63. The largest absolute Gasteiger partial charge is 0.358 e. The average molecular weight is 330 g/mol. The summed E-state index contributed by atoms with van der Waals surface area (Å²) in [7, 11) is 0. The maximum atomic E-state index is 13.7. The highest BCUT2D eigenvalue weighted by Crippen LogP contribution is 2.54. The van der Waals surface area contributed by atoms with E-state index in [1.807, 2.05) is 12.1 Å². The van der Waals surface area contributed by atoms with Crippen LogP contribution in [0.15, 0.2) is 48.5 Å². The van der Waals surface area contributed by atoms with E-state index < -0.39 is 0 Å². The number of carbonyl (C=O) groups excluding carboxylic acids is 1. The minimum absolute atomic E-state index is 0.230. The first-order valence-electron chi connectivity index (χ1n) is 9.11. The van der Waals surface area contributed by atoms with Crippen LogP contribution < -0.4 is 4.90 Å². The summed E-state index contributed by atoms with van der Waals surface area (Å²) in [5.74, 6) is 0.276. The first-order chi connectivity index (χ1) is 12.1. The van der Waals surface area contributed by atoms with E-state index in [1.165, 1.54) is 16.5 Å². The molecule has 1 atom stereocenters. The molecule has 1 fully saturated rings. The predicted octanol–water partition coefficient (Wildman–Crippen LogP) is 4.49. The molecule has 3 aromatic rings. The molecule has 1 aliphatic carbocycles. The molecule has 1 amide bonds. The number of anilines is 1. The van der Waals surface area contributed by atoms with Gasteiger partial charge < -0.3 is 9.88 Å². The van der Waals surface area contributed by atoms with Crippen molar-refractivity contribution in [2.45, 2.75) is 44.6 Å². The van der Waals surface area contributed by atoms with E-state index in [2.05, 4.69) is 60.1 Å². The van der Waals surface area contributed by atoms with Gasteiger partial charge in [-0.05, 0) is 56.4 Å². The van der Waals surface area contributed by atoms with E-state index in [9.17, 15) is 4.79 Å². The van der Waals surface area contributed by atoms with Crippen LogP contribution in [0.1, 0.15) is 36.6 Å². The summed E-state index contributed by atoms with van der Waals surface area (Å²) in [6.07, 6.45) is 2.84. The number of aryl methyl sites for hydroxylation is 1. The van der Waals surface area contributed by atoms with Crippen molar-refractivity contribution >= 4 is 22.5 Å². The summed E-state index contributed by atoms with van der Waals surface area (Å²) in [6.45, 7) is 4.26. The van der Waals surface area contributed by atoms with Crippen LogP contribution in [0, 0.1) is 6.92 Å². The lowest BCUT2D eigenvalue weighted by molar-refractivity contribution is -0.121. The molecule has 1 unspecified atom stereocenters. The first-order valence-corrected chi connectivity index (χ1v) is 9.11. The number of aromatic nitrogens is 1. The molecule has 1 N–H and O–H groups in total. The number of benzene rings is 2. The van der Waals surface area contributed by atoms with Crippen molar-refractivity contribution in [1.82, 2.24) is 4.98 Å². The normalized spacial score (nSPS) is 20.7. The van der Waals surface area contributed by atoms with Crippen molar-refractivity contribution in [3.63, 3.8) is 0 Å². The number of hydrogen-bond acceptors (Lipinski definition) is 1. The summed E-state index contributed by atoms with van der Waals surface area (Å²) in [6, 6.07) is 16.9. The van der Waals surface area contributed by atoms with Crippen LogP contribution in [0.3, 0.4) is 0 Å². The van der Waals surface area contributed by atoms with Gasteiger partial charge in [-0.2, -0.15) is 0 Å². The fraction of sp³-hybridized carbons (Fsp3) is 0.318. The zero-order valence-electron chi connectivity index (χ0n) is 14.7. The van der Waals surface area contributed by atoms with E-state index in [4.69, 9.17) is 0 Å². The Bertz CT molecular complexity index is 996. The zero-order chi connectivity index (χ0) is 17.2. The molecule has 1 saturated carbocycles. The van der Waals surface area contributed by atoms with Gasteiger partial charge in [-0.1, -0.05) is 36.4 Å². The highest BCUT2D eigenvalue weighted by molar-refractivity contribution is 6.07. The maximum absolute atomic E-state index is 13.7. The average Bonchev–Trinajstić information content (AvgIpc) is 3.22. The molecule has 3 heteroatoms. The Morgan fingerprint density at radius 2 is 1.84 bits per heavy atom. The highest BCUT2D eigenvalue weighted by atomic mass is 16.2. The van der Waals surface area contributed by atoms with Crippen LogP contribution in [0.2, 0.25) is 0 Å². The van der Waals surface area contributed by atoms with Gasteiger partial charge in [-0.15, -0.1) is 0 Å². The van der Waals surface area contributed by atoms with Crippen molar-refractivity contribution in [3.05, 3.63) is 65.4 Å². The molecule has 25 heavy (non-hydrogen) atoms. The number of hydrogen-bond donors (Lipinski definition) is 1. The van der Waals surface area contributed by atoms with Crippen LogP contribution in [0.25, 0.3) is 10.9 Å². The van der Waals surface area contributed by atoms with E-state index in [0.29, 0.717) is 0 Å². The molecule has 1 aliphatic heterocycles. The molecule has 126 valence electrons. The van der Waals surface area contributed by atoms with Crippen molar-refractivity contribution in [3.8, 4) is 0 Å². The molecule has 0 radical (unpaired) electrons. The first kappa shape index (κ1) is 14.8. The molecule has 3 nitrogen and oxygen atoms in total. The summed E-state index contributed by atoms with van der Waals surface area (Å²) in [5.41, 5.74) is 5.51. The third kappa shape index (κ3) is 1.95. The highest BCUT2D eigenvalue weighted by Gasteiger charge is 2.56. The fourth-order valence-electron chi connectivity index (χ4n) is 4.69. The molecular weight excluding hydrogens is 308 g/mol. The fourth-order valence-corrected chi connectivity index (χ4v) is 4.69. The zero-order valence-corrected chi connectivity index (χ0v) is 14.7. The molecule has 0 saturated heterocycles. The van der Waals surface area contributed by atoms with Crippen LogP contribution in [0.5, 0.6) is 0 Å². The van der Waals surface area contributed by atoms with Crippen LogP contribution >= 0.6 is 0 Å². The van der Waals surface area contributed by atoms with Crippen molar-refractivity contribution in [2.75, 3.05) is 4.90 Å². The lowest BCUT2D eigenvalue weighted by Gasteiger charge is -2.28. The van der Waals surface area contributed by atoms with E-state index in [-0.39, 0.29) is 17.4 Å². The quantitative estimate of drug-likeness (QED) is 0.738. The van der Waals surface area contributed by atoms with E-state index in [0.717, 1.165) is 36.2 Å². The van der Waals surface area contributed by atoms with Gasteiger partial charge in [-0.25, -0.2) is 0 Å². The van der Waals surface area contributed by atoms with Crippen molar-refractivity contribution in [2.24, 2.45) is 0 Å². The molecule has 0 spiro atoms. The summed E-state index contributed by atoms with van der Waals surface area (Å²) in [5, 5.41) is 1.20. The number of para-hydroxylation sites is 2. The summed E-state index contributed by atoms with van der Waals surface area (Å²) < 4.78 is 0. The molecule has 2 aliphatic rings. The third-order valence-corrected chi connectivity index (χ3v) is 5.96. The van der Waals surface area contributed by atoms with Gasteiger partial charge in [0.05, 0.1) is 5.41 Å². The van der Waals surface area contributed by atoms with Crippen LogP contribution in [-0.4, -0.2) is 16.9 Å². The number of nitrogens with one attached hydrogen (secondary N) is 1. The van der Waals surface area contributed by atoms with E-state index in [1.54, 1.807) is 0 Å². The van der Waals surface area contributed by atoms with Gasteiger partial charge in [0.2, 0.25) is 5.91 Å². The van der Waals surface area contributed by atoms with Gasteiger partial charge in [0, 0.05) is 28.3 Å². The molecule has 2 aromatic carbocycles. The Morgan fingerprint density at radius 1 is 1.12 bits per heavy atom. The van der Waals surface area contributed by atoms with Gasteiger partial charge >= 0.3 is 0 Å². The molecule has 0 bridgehead atoms. The van der Waals surface area contributed by atoms with Crippen molar-refractivity contribution in [1.29, 1.82) is 0 Å². The number of nitrogens with zero attached hydrogens (tertiary/aromatic N) is 1. The third-order valence-electron chi connectivity index (χ3n) is 5.96. The Kier molecular flexibility index (Phi) is 2.94. The van der Waals surface area contributed by atoms with E-state index >= 15 is 0 Å². The molecular formula is C22H22N2O. The second kappa shape index (κ2) is 4.98. The van der Waals surface area contributed by atoms with Crippen molar-refractivity contribution < 1.29 is 4.79 Å². The van der Waals surface area contributed by atoms with Gasteiger partial charge in [0.25, 0.3) is 0 Å². The maximum Gasteiger partial charge on any atom is 0.237 e. The lowest BCUT2D eigenvalue weighted by Crippen LogP contribution is -2.43. The van der Waals surface area contributed by atoms with Gasteiger partial charge in [0.15, 0.2) is 0 Å². The summed E-state index contributed by atoms with van der Waals surface area (Å²) in [4.78, 5) is 19.2. The number of fused-ring (bicyclic) bond motifs is 2. The molecule has 2 heterocycles. The summed E-state index contributed by atoms with van der Waals surface area (Å²) >= 11 is 0. The van der Waals surface area contributed by atoms with Gasteiger partial charge in [0.1, 0.15) is 0 Å². The number of rotatable bonds is 2. The second-order valence-corrected chi connectivity index (χ2v) is 7.61. The van der Waals surface area contributed by atoms with Gasteiger partial charge in [-0.3, -0.25) is 4.79 Å². The topological polar surface area (TPSA) is 36.1 Å². The minimum atomic E-state index is -0.352. The standard InChI is InChI=1S/C22H22N2O/c1-14-13-16-7-3-6-10-19(16)24(14)21(25)22(11-12-22)20-15(2)23-18-9-5-4-8-17(18)20/h3-10,14,23H,11-13H2,1-2H3. The lowest BCUT2D eigenvalue weighted by atomic mass is 9.91. The number of amides is 1. The minimum Gasteiger partial charge on any atom is -0.358 e. The Hall–Kier alpha value is -2.55. The number of H-pyrrole nitrogens is 1. The predicted molar refractivity (Wildman–Crippen MR) is 101 cm³/mol. The SMILES string of the molecule is Cc1[nH]c2ccccc2c1C1(C(=O)N2c3ccccc3CC2C)CC1. The molecule has 5 rings (SSSR count). The number of carbonyl (C=O) groups is 1. The Labute approximate surface area is 147 Å². The number of aromatic amines is 1. The monoisotopic (exact) mass is 330 g/mol. The smallest absolute Gasteiger partial charge is 0.237 e.